The van der Waals surface area contributed by atoms with Gasteiger partial charge >= 0.3 is 0 Å². The first-order valence-electron chi connectivity index (χ1n) is 3.56. The topological polar surface area (TPSA) is 35.2 Å². The van der Waals surface area contributed by atoms with E-state index in [-0.39, 0.29) is 6.04 Å². The van der Waals surface area contributed by atoms with E-state index in [4.69, 9.17) is 22.1 Å². The smallest absolute Gasteiger partial charge is 0.125 e. The van der Waals surface area contributed by atoms with Crippen molar-refractivity contribution < 1.29 is 4.74 Å². The Hall–Kier alpha value is -0.250. The monoisotopic (exact) mass is 247 g/mol. The molecule has 0 saturated heterocycles. The Labute approximate surface area is 83.8 Å². The fourth-order valence-corrected chi connectivity index (χ4v) is 1.74. The summed E-state index contributed by atoms with van der Waals surface area (Å²) in [5, 5.41) is 0.655. The third kappa shape index (κ3) is 1.22. The van der Waals surface area contributed by atoms with Gasteiger partial charge in [-0.25, -0.2) is 0 Å². The van der Waals surface area contributed by atoms with E-state index in [1.54, 1.807) is 6.07 Å². The normalized spacial score (nSPS) is 20.4. The highest BCUT2D eigenvalue weighted by Gasteiger charge is 2.21. The van der Waals surface area contributed by atoms with Crippen LogP contribution in [0, 0.1) is 0 Å². The summed E-state index contributed by atoms with van der Waals surface area (Å²) in [7, 11) is 0. The Morgan fingerprint density at radius 1 is 1.58 bits per heavy atom. The molecular weight excluding hydrogens is 241 g/mol. The van der Waals surface area contributed by atoms with E-state index in [1.165, 1.54) is 0 Å². The lowest BCUT2D eigenvalue weighted by atomic mass is 10.1. The number of hydrogen-bond acceptors (Lipinski definition) is 2. The van der Waals surface area contributed by atoms with Crippen LogP contribution in [0.15, 0.2) is 16.6 Å². The number of ether oxygens (including phenoxy) is 1. The minimum absolute atomic E-state index is 0.0198. The molecular formula is C8H7BrClNO. The quantitative estimate of drug-likeness (QED) is 0.766. The molecule has 1 heterocycles. The maximum atomic E-state index is 5.87. The molecule has 0 amide bonds. The van der Waals surface area contributed by atoms with Crippen LogP contribution in [0.25, 0.3) is 0 Å². The molecule has 1 aromatic carbocycles. The average Bonchev–Trinajstić information content (AvgIpc) is 2.35. The van der Waals surface area contributed by atoms with Crippen molar-refractivity contribution in [3.8, 4) is 5.75 Å². The van der Waals surface area contributed by atoms with Crippen LogP contribution < -0.4 is 10.5 Å². The summed E-state index contributed by atoms with van der Waals surface area (Å²) >= 11 is 9.21. The van der Waals surface area contributed by atoms with Crippen LogP contribution in [-0.4, -0.2) is 6.61 Å². The van der Waals surface area contributed by atoms with Crippen LogP contribution >= 0.6 is 27.5 Å². The number of halogens is 2. The Balaban J connectivity index is 2.56. The molecule has 0 aromatic heterocycles. The summed E-state index contributed by atoms with van der Waals surface area (Å²) in [4.78, 5) is 0. The average molecular weight is 249 g/mol. The minimum atomic E-state index is -0.0198. The second kappa shape index (κ2) is 2.91. The van der Waals surface area contributed by atoms with Crippen molar-refractivity contribution in [3.63, 3.8) is 0 Å². The SMILES string of the molecule is NC1COc2cc(Cl)c(Br)cc21. The molecule has 1 aliphatic heterocycles. The van der Waals surface area contributed by atoms with Gasteiger partial charge < -0.3 is 10.5 Å². The van der Waals surface area contributed by atoms with E-state index >= 15 is 0 Å². The van der Waals surface area contributed by atoms with Crippen molar-refractivity contribution in [2.45, 2.75) is 6.04 Å². The fraction of sp³-hybridized carbons (Fsp3) is 0.250. The van der Waals surface area contributed by atoms with Crippen LogP contribution in [-0.2, 0) is 0 Å². The first-order valence-corrected chi connectivity index (χ1v) is 4.73. The van der Waals surface area contributed by atoms with Crippen LogP contribution in [0.3, 0.4) is 0 Å². The zero-order valence-electron chi connectivity index (χ0n) is 6.18. The van der Waals surface area contributed by atoms with Gasteiger partial charge in [-0.05, 0) is 22.0 Å². The van der Waals surface area contributed by atoms with Crippen molar-refractivity contribution in [3.05, 3.63) is 27.2 Å². The molecule has 0 spiro atoms. The van der Waals surface area contributed by atoms with Crippen molar-refractivity contribution in [2.75, 3.05) is 6.61 Å². The third-order valence-electron chi connectivity index (χ3n) is 1.87. The lowest BCUT2D eigenvalue weighted by Gasteiger charge is -2.02. The first-order chi connectivity index (χ1) is 5.68. The molecule has 1 aliphatic rings. The van der Waals surface area contributed by atoms with E-state index in [1.807, 2.05) is 6.07 Å². The molecule has 0 aliphatic carbocycles. The molecule has 12 heavy (non-hydrogen) atoms. The maximum absolute atomic E-state index is 5.87. The molecule has 0 saturated carbocycles. The summed E-state index contributed by atoms with van der Waals surface area (Å²) in [6, 6.07) is 3.68. The molecule has 2 N–H and O–H groups in total. The van der Waals surface area contributed by atoms with Gasteiger partial charge in [0.1, 0.15) is 12.4 Å². The molecule has 2 rings (SSSR count). The van der Waals surface area contributed by atoms with Gasteiger partial charge in [0, 0.05) is 16.1 Å². The van der Waals surface area contributed by atoms with E-state index in [0.29, 0.717) is 11.6 Å². The highest BCUT2D eigenvalue weighted by Crippen LogP contribution is 2.37. The molecule has 1 aromatic rings. The Morgan fingerprint density at radius 3 is 3.08 bits per heavy atom. The van der Waals surface area contributed by atoms with Crippen LogP contribution in [0.5, 0.6) is 5.75 Å². The fourth-order valence-electron chi connectivity index (χ4n) is 1.23. The van der Waals surface area contributed by atoms with E-state index in [9.17, 15) is 0 Å². The zero-order valence-corrected chi connectivity index (χ0v) is 8.52. The van der Waals surface area contributed by atoms with Crippen molar-refractivity contribution >= 4 is 27.5 Å². The van der Waals surface area contributed by atoms with Gasteiger partial charge in [0.25, 0.3) is 0 Å². The Bertz CT molecular complexity index is 329. The van der Waals surface area contributed by atoms with Gasteiger partial charge in [0.2, 0.25) is 0 Å². The molecule has 4 heteroatoms. The van der Waals surface area contributed by atoms with Crippen LogP contribution in [0.1, 0.15) is 11.6 Å². The molecule has 0 bridgehead atoms. The first kappa shape index (κ1) is 8.35. The van der Waals surface area contributed by atoms with Gasteiger partial charge in [-0.2, -0.15) is 0 Å². The number of fused-ring (bicyclic) bond motifs is 1. The van der Waals surface area contributed by atoms with E-state index in [2.05, 4.69) is 15.9 Å². The molecule has 1 atom stereocenters. The molecule has 64 valence electrons. The third-order valence-corrected chi connectivity index (χ3v) is 3.07. The van der Waals surface area contributed by atoms with Gasteiger partial charge in [-0.1, -0.05) is 11.6 Å². The summed E-state index contributed by atoms with van der Waals surface area (Å²) in [5.41, 5.74) is 6.80. The van der Waals surface area contributed by atoms with Crippen molar-refractivity contribution in [2.24, 2.45) is 5.73 Å². The van der Waals surface area contributed by atoms with E-state index in [0.717, 1.165) is 15.8 Å². The summed E-state index contributed by atoms with van der Waals surface area (Å²) in [6.07, 6.45) is 0. The molecule has 0 radical (unpaired) electrons. The molecule has 2 nitrogen and oxygen atoms in total. The largest absolute Gasteiger partial charge is 0.491 e. The lowest BCUT2D eigenvalue weighted by molar-refractivity contribution is 0.333. The summed E-state index contributed by atoms with van der Waals surface area (Å²) in [6.45, 7) is 0.544. The van der Waals surface area contributed by atoms with Crippen LogP contribution in [0.2, 0.25) is 5.02 Å². The minimum Gasteiger partial charge on any atom is -0.491 e. The van der Waals surface area contributed by atoms with Gasteiger partial charge in [0.15, 0.2) is 0 Å². The second-order valence-electron chi connectivity index (χ2n) is 2.72. The summed E-state index contributed by atoms with van der Waals surface area (Å²) < 4.78 is 6.18. The predicted octanol–water partition coefficient (Wildman–Crippen LogP) is 2.49. The van der Waals surface area contributed by atoms with Gasteiger partial charge in [0.05, 0.1) is 11.1 Å². The highest BCUT2D eigenvalue weighted by atomic mass is 79.9. The zero-order chi connectivity index (χ0) is 8.72. The second-order valence-corrected chi connectivity index (χ2v) is 3.98. The molecule has 1 unspecified atom stereocenters. The standard InChI is InChI=1S/C8H7BrClNO/c9-5-1-4-7(11)3-12-8(4)2-6(5)10/h1-2,7H,3,11H2. The maximum Gasteiger partial charge on any atom is 0.125 e. The Morgan fingerprint density at radius 2 is 2.33 bits per heavy atom. The van der Waals surface area contributed by atoms with Crippen molar-refractivity contribution in [1.29, 1.82) is 0 Å². The van der Waals surface area contributed by atoms with Gasteiger partial charge in [-0.15, -0.1) is 0 Å². The highest BCUT2D eigenvalue weighted by molar-refractivity contribution is 9.10. The number of rotatable bonds is 0. The van der Waals surface area contributed by atoms with Crippen LogP contribution in [0.4, 0.5) is 0 Å². The summed E-state index contributed by atoms with van der Waals surface area (Å²) in [5.74, 6) is 0.802. The number of nitrogens with two attached hydrogens (primary N) is 1. The molecule has 0 fully saturated rings. The van der Waals surface area contributed by atoms with E-state index < -0.39 is 0 Å². The van der Waals surface area contributed by atoms with Crippen molar-refractivity contribution in [1.82, 2.24) is 0 Å². The number of benzene rings is 1. The van der Waals surface area contributed by atoms with Gasteiger partial charge in [-0.3, -0.25) is 0 Å². The Kier molecular flexibility index (Phi) is 2.02. The number of hydrogen-bond donors (Lipinski definition) is 1. The lowest BCUT2D eigenvalue weighted by Crippen LogP contribution is -2.10. The predicted molar refractivity (Wildman–Crippen MR) is 51.6 cm³/mol.